The molecule has 0 bridgehead atoms. The molecule has 0 saturated heterocycles. The number of halogens is 2. The molecule has 0 radical (unpaired) electrons. The summed E-state index contributed by atoms with van der Waals surface area (Å²) in [6, 6.07) is 6.95. The molecule has 2 rings (SSSR count). The van der Waals surface area contributed by atoms with Gasteiger partial charge in [0, 0.05) is 6.20 Å². The Hall–Kier alpha value is -2.34. The Bertz CT molecular complexity index is 680. The maximum absolute atomic E-state index is 13.0. The van der Waals surface area contributed by atoms with E-state index in [0.29, 0.717) is 0 Å². The van der Waals surface area contributed by atoms with Gasteiger partial charge in [-0.3, -0.25) is 0 Å². The molecule has 116 valence electrons. The number of rotatable bonds is 5. The molecule has 0 saturated carbocycles. The molecule has 1 unspecified atom stereocenters. The normalized spacial score (nSPS) is 11.6. The summed E-state index contributed by atoms with van der Waals surface area (Å²) in [6.45, 7) is 1.52. The highest BCUT2D eigenvalue weighted by atomic mass is 35.5. The minimum atomic E-state index is -0.856. The Labute approximate surface area is 131 Å². The van der Waals surface area contributed by atoms with E-state index in [4.69, 9.17) is 21.1 Å². The third-order valence-corrected chi connectivity index (χ3v) is 2.97. The van der Waals surface area contributed by atoms with E-state index in [9.17, 15) is 9.18 Å². The molecule has 0 N–H and O–H groups in total. The van der Waals surface area contributed by atoms with Crippen LogP contribution in [-0.2, 0) is 9.53 Å². The number of carbonyl (C=O) groups is 1. The number of esters is 1. The predicted molar refractivity (Wildman–Crippen MR) is 77.8 cm³/mol. The number of carbonyl (C=O) groups excluding carboxylic acids is 1. The molecule has 0 spiro atoms. The van der Waals surface area contributed by atoms with E-state index in [1.54, 1.807) is 12.1 Å². The summed E-state index contributed by atoms with van der Waals surface area (Å²) in [7, 11) is 1.26. The number of ether oxygens (including phenoxy) is 3. The molecule has 2 aromatic rings. The molecule has 0 aliphatic rings. The number of hydrogen-bond acceptors (Lipinski definition) is 5. The fourth-order valence-corrected chi connectivity index (χ4v) is 1.81. The summed E-state index contributed by atoms with van der Waals surface area (Å²) >= 11 is 5.91. The molecule has 1 heterocycles. The molecule has 5 nitrogen and oxygen atoms in total. The van der Waals surface area contributed by atoms with Crippen molar-refractivity contribution in [3.63, 3.8) is 0 Å². The Morgan fingerprint density at radius 2 is 2.09 bits per heavy atom. The highest BCUT2D eigenvalue weighted by molar-refractivity contribution is 6.32. The first-order valence-electron chi connectivity index (χ1n) is 6.33. The van der Waals surface area contributed by atoms with Crippen molar-refractivity contribution >= 4 is 17.6 Å². The van der Waals surface area contributed by atoms with Crippen LogP contribution in [0.15, 0.2) is 36.5 Å². The number of methoxy groups -OCH3 is 1. The molecule has 1 aromatic heterocycles. The van der Waals surface area contributed by atoms with Crippen LogP contribution in [0.3, 0.4) is 0 Å². The van der Waals surface area contributed by atoms with Crippen LogP contribution < -0.4 is 9.47 Å². The Morgan fingerprint density at radius 1 is 1.32 bits per heavy atom. The molecule has 7 heteroatoms. The van der Waals surface area contributed by atoms with Crippen LogP contribution in [0.4, 0.5) is 4.39 Å². The Kier molecular flexibility index (Phi) is 5.16. The number of aromatic nitrogens is 1. The third kappa shape index (κ3) is 3.85. The zero-order valence-electron chi connectivity index (χ0n) is 11.9. The van der Waals surface area contributed by atoms with Crippen LogP contribution in [0, 0.1) is 5.82 Å². The van der Waals surface area contributed by atoms with Crippen molar-refractivity contribution in [3.8, 4) is 17.4 Å². The molecule has 22 heavy (non-hydrogen) atoms. The number of nitrogens with zero attached hydrogens (tertiary/aromatic N) is 1. The van der Waals surface area contributed by atoms with Gasteiger partial charge in [0.25, 0.3) is 5.88 Å². The first kappa shape index (κ1) is 16.0. The minimum Gasteiger partial charge on any atom is -0.466 e. The smallest absolute Gasteiger partial charge is 0.346 e. The predicted octanol–water partition coefficient (Wildman–Crippen LogP) is 3.61. The largest absolute Gasteiger partial charge is 0.466 e. The summed E-state index contributed by atoms with van der Waals surface area (Å²) in [5.41, 5.74) is 0. The van der Waals surface area contributed by atoms with Crippen molar-refractivity contribution in [3.05, 3.63) is 47.4 Å². The van der Waals surface area contributed by atoms with Gasteiger partial charge in [0.15, 0.2) is 11.9 Å². The SMILES string of the molecule is COC(=O)C(C)Oc1ncccc1Oc1ccc(F)cc1Cl. The van der Waals surface area contributed by atoms with Crippen LogP contribution in [0.1, 0.15) is 6.92 Å². The van der Waals surface area contributed by atoms with Gasteiger partial charge in [-0.15, -0.1) is 0 Å². The summed E-state index contributed by atoms with van der Waals surface area (Å²) in [4.78, 5) is 15.4. The summed E-state index contributed by atoms with van der Waals surface area (Å²) < 4.78 is 28.6. The van der Waals surface area contributed by atoms with E-state index in [1.807, 2.05) is 0 Å². The van der Waals surface area contributed by atoms with Gasteiger partial charge in [0.2, 0.25) is 0 Å². The van der Waals surface area contributed by atoms with Crippen molar-refractivity contribution in [1.29, 1.82) is 0 Å². The Balaban J connectivity index is 2.23. The van der Waals surface area contributed by atoms with E-state index in [1.165, 1.54) is 32.4 Å². The lowest BCUT2D eigenvalue weighted by Gasteiger charge is -2.15. The van der Waals surface area contributed by atoms with E-state index in [-0.39, 0.29) is 22.4 Å². The standard InChI is InChI=1S/C15H13ClFNO4/c1-9(15(19)20-2)21-14-13(4-3-7-18-14)22-12-6-5-10(17)8-11(12)16/h3-9H,1-2H3. The minimum absolute atomic E-state index is 0.0980. The molecule has 0 fully saturated rings. The van der Waals surface area contributed by atoms with E-state index in [0.717, 1.165) is 6.07 Å². The highest BCUT2D eigenvalue weighted by Gasteiger charge is 2.18. The molecule has 0 aliphatic heterocycles. The van der Waals surface area contributed by atoms with Crippen molar-refractivity contribution in [1.82, 2.24) is 4.98 Å². The summed E-state index contributed by atoms with van der Waals surface area (Å²) in [5, 5.41) is 0.107. The molecular weight excluding hydrogens is 313 g/mol. The quantitative estimate of drug-likeness (QED) is 0.786. The number of pyridine rings is 1. The van der Waals surface area contributed by atoms with E-state index in [2.05, 4.69) is 9.72 Å². The highest BCUT2D eigenvalue weighted by Crippen LogP contribution is 2.34. The number of hydrogen-bond donors (Lipinski definition) is 0. The second kappa shape index (κ2) is 7.09. The van der Waals surface area contributed by atoms with Gasteiger partial charge >= 0.3 is 5.97 Å². The lowest BCUT2D eigenvalue weighted by molar-refractivity contribution is -0.148. The lowest BCUT2D eigenvalue weighted by atomic mass is 10.3. The Morgan fingerprint density at radius 3 is 2.77 bits per heavy atom. The van der Waals surface area contributed by atoms with Crippen LogP contribution >= 0.6 is 11.6 Å². The second-order valence-corrected chi connectivity index (χ2v) is 4.67. The fraction of sp³-hybridized carbons (Fsp3) is 0.200. The van der Waals surface area contributed by atoms with Gasteiger partial charge in [0.05, 0.1) is 12.1 Å². The molecular formula is C15H13ClFNO4. The fourth-order valence-electron chi connectivity index (χ4n) is 1.60. The third-order valence-electron chi connectivity index (χ3n) is 2.67. The maximum atomic E-state index is 13.0. The molecule has 0 aliphatic carbocycles. The topological polar surface area (TPSA) is 57.7 Å². The van der Waals surface area contributed by atoms with Crippen LogP contribution in [0.2, 0.25) is 5.02 Å². The van der Waals surface area contributed by atoms with Crippen molar-refractivity contribution < 1.29 is 23.4 Å². The van der Waals surface area contributed by atoms with Gasteiger partial charge in [-0.05, 0) is 37.3 Å². The zero-order chi connectivity index (χ0) is 16.1. The molecule has 1 atom stereocenters. The maximum Gasteiger partial charge on any atom is 0.346 e. The van der Waals surface area contributed by atoms with Crippen LogP contribution in [0.25, 0.3) is 0 Å². The van der Waals surface area contributed by atoms with Crippen molar-refractivity contribution in [2.24, 2.45) is 0 Å². The zero-order valence-corrected chi connectivity index (χ0v) is 12.6. The first-order valence-corrected chi connectivity index (χ1v) is 6.71. The molecule has 0 amide bonds. The van der Waals surface area contributed by atoms with E-state index >= 15 is 0 Å². The van der Waals surface area contributed by atoms with Gasteiger partial charge in [-0.2, -0.15) is 0 Å². The number of benzene rings is 1. The first-order chi connectivity index (χ1) is 10.5. The van der Waals surface area contributed by atoms with Crippen molar-refractivity contribution in [2.45, 2.75) is 13.0 Å². The monoisotopic (exact) mass is 325 g/mol. The summed E-state index contributed by atoms with van der Waals surface area (Å²) in [6.07, 6.45) is 0.629. The van der Waals surface area contributed by atoms with Crippen LogP contribution in [0.5, 0.6) is 17.4 Å². The van der Waals surface area contributed by atoms with Gasteiger partial charge in [-0.25, -0.2) is 14.2 Å². The second-order valence-electron chi connectivity index (χ2n) is 4.27. The van der Waals surface area contributed by atoms with E-state index < -0.39 is 17.9 Å². The lowest BCUT2D eigenvalue weighted by Crippen LogP contribution is -2.25. The van der Waals surface area contributed by atoms with Crippen LogP contribution in [-0.4, -0.2) is 24.2 Å². The average molecular weight is 326 g/mol. The van der Waals surface area contributed by atoms with Gasteiger partial charge in [-0.1, -0.05) is 11.6 Å². The van der Waals surface area contributed by atoms with Gasteiger partial charge < -0.3 is 14.2 Å². The summed E-state index contributed by atoms with van der Waals surface area (Å²) in [5.74, 6) is -0.435. The van der Waals surface area contributed by atoms with Gasteiger partial charge in [0.1, 0.15) is 11.6 Å². The van der Waals surface area contributed by atoms with Crippen molar-refractivity contribution in [2.75, 3.05) is 7.11 Å². The molecule has 1 aromatic carbocycles. The average Bonchev–Trinajstić information content (AvgIpc) is 2.50.